The SMILES string of the molecule is CC(C)(C)c1ccc(CC(=O)c2cc(F)ccc2F)cc1. The Labute approximate surface area is 123 Å². The Bertz CT molecular complexity index is 652. The number of ketones is 1. The lowest BCUT2D eigenvalue weighted by molar-refractivity contribution is 0.0988. The summed E-state index contributed by atoms with van der Waals surface area (Å²) in [6.45, 7) is 6.32. The Hall–Kier alpha value is -2.03. The first-order chi connectivity index (χ1) is 9.77. The molecule has 21 heavy (non-hydrogen) atoms. The van der Waals surface area contributed by atoms with E-state index in [9.17, 15) is 13.6 Å². The minimum absolute atomic E-state index is 0.0389. The molecular formula is C18H18F2O. The summed E-state index contributed by atoms with van der Waals surface area (Å²) in [6, 6.07) is 10.6. The number of benzene rings is 2. The number of Topliss-reactive ketones (excluding diaryl/α,β-unsaturated/α-hetero) is 1. The zero-order valence-corrected chi connectivity index (χ0v) is 12.4. The van der Waals surface area contributed by atoms with Crippen molar-refractivity contribution >= 4 is 5.78 Å². The summed E-state index contributed by atoms with van der Waals surface area (Å²) in [5, 5.41) is 0. The first kappa shape index (κ1) is 15.4. The number of halogens is 2. The fourth-order valence-corrected chi connectivity index (χ4v) is 2.11. The van der Waals surface area contributed by atoms with Crippen molar-refractivity contribution in [2.45, 2.75) is 32.6 Å². The van der Waals surface area contributed by atoms with Gasteiger partial charge in [0.25, 0.3) is 0 Å². The van der Waals surface area contributed by atoms with Crippen LogP contribution in [0.2, 0.25) is 0 Å². The molecule has 0 radical (unpaired) electrons. The molecule has 0 heterocycles. The molecule has 2 rings (SSSR count). The van der Waals surface area contributed by atoms with E-state index in [0.717, 1.165) is 29.3 Å². The smallest absolute Gasteiger partial charge is 0.170 e. The summed E-state index contributed by atoms with van der Waals surface area (Å²) < 4.78 is 26.7. The lowest BCUT2D eigenvalue weighted by Crippen LogP contribution is -2.11. The molecule has 1 nitrogen and oxygen atoms in total. The van der Waals surface area contributed by atoms with Gasteiger partial charge in [0.2, 0.25) is 0 Å². The lowest BCUT2D eigenvalue weighted by Gasteiger charge is -2.19. The van der Waals surface area contributed by atoms with Crippen LogP contribution in [0.5, 0.6) is 0 Å². The van der Waals surface area contributed by atoms with Gasteiger partial charge in [-0.25, -0.2) is 8.78 Å². The normalized spacial score (nSPS) is 11.5. The van der Waals surface area contributed by atoms with Crippen LogP contribution in [0.3, 0.4) is 0 Å². The molecule has 0 spiro atoms. The van der Waals surface area contributed by atoms with Crippen molar-refractivity contribution in [2.75, 3.05) is 0 Å². The molecule has 110 valence electrons. The molecule has 0 aromatic heterocycles. The molecule has 0 fully saturated rings. The number of hydrogen-bond donors (Lipinski definition) is 0. The van der Waals surface area contributed by atoms with Gasteiger partial charge in [-0.05, 0) is 34.7 Å². The van der Waals surface area contributed by atoms with E-state index in [0.29, 0.717) is 0 Å². The van der Waals surface area contributed by atoms with Crippen LogP contribution in [0, 0.1) is 11.6 Å². The van der Waals surface area contributed by atoms with Crippen LogP contribution in [0.1, 0.15) is 42.3 Å². The van der Waals surface area contributed by atoms with Gasteiger partial charge in [0.15, 0.2) is 5.78 Å². The summed E-state index contributed by atoms with van der Waals surface area (Å²) in [5.41, 5.74) is 1.79. The zero-order valence-electron chi connectivity index (χ0n) is 12.4. The van der Waals surface area contributed by atoms with Crippen LogP contribution in [-0.4, -0.2) is 5.78 Å². The van der Waals surface area contributed by atoms with Crippen LogP contribution in [0.25, 0.3) is 0 Å². The Morgan fingerprint density at radius 1 is 1.00 bits per heavy atom. The molecule has 0 aliphatic heterocycles. The van der Waals surface area contributed by atoms with E-state index in [1.54, 1.807) is 0 Å². The Morgan fingerprint density at radius 2 is 1.62 bits per heavy atom. The quantitative estimate of drug-likeness (QED) is 0.749. The molecule has 3 heteroatoms. The van der Waals surface area contributed by atoms with Crippen molar-refractivity contribution in [3.8, 4) is 0 Å². The average Bonchev–Trinajstić information content (AvgIpc) is 2.41. The van der Waals surface area contributed by atoms with Gasteiger partial charge in [0.1, 0.15) is 11.6 Å². The van der Waals surface area contributed by atoms with Crippen molar-refractivity contribution in [1.29, 1.82) is 0 Å². The molecule has 0 aliphatic rings. The Balaban J connectivity index is 2.18. The van der Waals surface area contributed by atoms with Gasteiger partial charge in [-0.2, -0.15) is 0 Å². The third-order valence-electron chi connectivity index (χ3n) is 3.41. The van der Waals surface area contributed by atoms with Crippen molar-refractivity contribution in [3.63, 3.8) is 0 Å². The minimum Gasteiger partial charge on any atom is -0.294 e. The van der Waals surface area contributed by atoms with Gasteiger partial charge < -0.3 is 0 Å². The van der Waals surface area contributed by atoms with Crippen molar-refractivity contribution in [2.24, 2.45) is 0 Å². The predicted molar refractivity (Wildman–Crippen MR) is 79.5 cm³/mol. The predicted octanol–water partition coefficient (Wildman–Crippen LogP) is 4.69. The molecule has 0 atom stereocenters. The van der Waals surface area contributed by atoms with E-state index in [4.69, 9.17) is 0 Å². The average molecular weight is 288 g/mol. The Morgan fingerprint density at radius 3 is 2.19 bits per heavy atom. The minimum atomic E-state index is -0.687. The van der Waals surface area contributed by atoms with Crippen LogP contribution in [0.4, 0.5) is 8.78 Å². The second-order valence-corrected chi connectivity index (χ2v) is 6.17. The molecule has 0 unspecified atom stereocenters. The van der Waals surface area contributed by atoms with Crippen LogP contribution in [0.15, 0.2) is 42.5 Å². The first-order valence-corrected chi connectivity index (χ1v) is 6.85. The summed E-state index contributed by atoms with van der Waals surface area (Å²) in [4.78, 5) is 12.1. The molecular weight excluding hydrogens is 270 g/mol. The standard InChI is InChI=1S/C18H18F2O/c1-18(2,3)13-6-4-12(5-7-13)10-17(21)15-11-14(19)8-9-16(15)20/h4-9,11H,10H2,1-3H3. The largest absolute Gasteiger partial charge is 0.294 e. The summed E-state index contributed by atoms with van der Waals surface area (Å²) >= 11 is 0. The van der Waals surface area contributed by atoms with Gasteiger partial charge >= 0.3 is 0 Å². The summed E-state index contributed by atoms with van der Waals surface area (Å²) in [6.07, 6.45) is 0.0603. The van der Waals surface area contributed by atoms with E-state index < -0.39 is 17.4 Å². The van der Waals surface area contributed by atoms with Crippen LogP contribution < -0.4 is 0 Å². The van der Waals surface area contributed by atoms with Gasteiger partial charge in [-0.3, -0.25) is 4.79 Å². The first-order valence-electron chi connectivity index (χ1n) is 6.85. The summed E-state index contributed by atoms with van der Waals surface area (Å²) in [5.74, 6) is -1.72. The van der Waals surface area contributed by atoms with E-state index in [-0.39, 0.29) is 17.4 Å². The third kappa shape index (κ3) is 3.75. The molecule has 0 saturated carbocycles. The topological polar surface area (TPSA) is 17.1 Å². The highest BCUT2D eigenvalue weighted by molar-refractivity contribution is 5.97. The third-order valence-corrected chi connectivity index (χ3v) is 3.41. The molecule has 0 saturated heterocycles. The van der Waals surface area contributed by atoms with Gasteiger partial charge in [-0.15, -0.1) is 0 Å². The maximum Gasteiger partial charge on any atom is 0.170 e. The van der Waals surface area contributed by atoms with Gasteiger partial charge in [0.05, 0.1) is 5.56 Å². The molecule has 2 aromatic rings. The molecule has 0 amide bonds. The van der Waals surface area contributed by atoms with Crippen LogP contribution in [-0.2, 0) is 11.8 Å². The number of hydrogen-bond acceptors (Lipinski definition) is 1. The van der Waals surface area contributed by atoms with Gasteiger partial charge in [0, 0.05) is 6.42 Å². The highest BCUT2D eigenvalue weighted by Crippen LogP contribution is 2.22. The fourth-order valence-electron chi connectivity index (χ4n) is 2.11. The zero-order chi connectivity index (χ0) is 15.6. The second-order valence-electron chi connectivity index (χ2n) is 6.17. The molecule has 0 aliphatic carbocycles. The second kappa shape index (κ2) is 5.76. The lowest BCUT2D eigenvalue weighted by atomic mass is 9.86. The highest BCUT2D eigenvalue weighted by Gasteiger charge is 2.15. The Kier molecular flexibility index (Phi) is 4.21. The van der Waals surface area contributed by atoms with Crippen molar-refractivity contribution < 1.29 is 13.6 Å². The van der Waals surface area contributed by atoms with E-state index >= 15 is 0 Å². The van der Waals surface area contributed by atoms with E-state index in [1.165, 1.54) is 0 Å². The monoisotopic (exact) mass is 288 g/mol. The maximum absolute atomic E-state index is 13.6. The highest BCUT2D eigenvalue weighted by atomic mass is 19.1. The van der Waals surface area contributed by atoms with Crippen molar-refractivity contribution in [3.05, 3.63) is 70.8 Å². The number of rotatable bonds is 3. The van der Waals surface area contributed by atoms with E-state index in [1.807, 2.05) is 24.3 Å². The molecule has 2 aromatic carbocycles. The maximum atomic E-state index is 13.6. The molecule has 0 bridgehead atoms. The van der Waals surface area contributed by atoms with Crippen LogP contribution >= 0.6 is 0 Å². The van der Waals surface area contributed by atoms with Gasteiger partial charge in [-0.1, -0.05) is 45.0 Å². The fraction of sp³-hybridized carbons (Fsp3) is 0.278. The summed E-state index contributed by atoms with van der Waals surface area (Å²) in [7, 11) is 0. The molecule has 0 N–H and O–H groups in total. The number of carbonyl (C=O) groups excluding carboxylic acids is 1. The number of carbonyl (C=O) groups is 1. The van der Waals surface area contributed by atoms with E-state index in [2.05, 4.69) is 20.8 Å². The van der Waals surface area contributed by atoms with Crippen molar-refractivity contribution in [1.82, 2.24) is 0 Å².